The molecule has 0 heterocycles. The summed E-state index contributed by atoms with van der Waals surface area (Å²) < 4.78 is 13.3. The van der Waals surface area contributed by atoms with Crippen LogP contribution < -0.4 is 0 Å². The van der Waals surface area contributed by atoms with Crippen molar-refractivity contribution in [3.63, 3.8) is 0 Å². The molecule has 0 rings (SSSR count). The topological polar surface area (TPSA) is 35.5 Å². The maximum Gasteiger partial charge on any atom is 0.314 e. The fourth-order valence-electron chi connectivity index (χ4n) is 5.27. The van der Waals surface area contributed by atoms with Gasteiger partial charge in [0, 0.05) is 6.42 Å². The number of rotatable bonds is 27. The Morgan fingerprint density at radius 1 is 0.417 bits per heavy atom. The molecule has 0 aromatic heterocycles. The highest BCUT2D eigenvalue weighted by Gasteiger charge is 2.39. The van der Waals surface area contributed by atoms with E-state index >= 15 is 0 Å². The van der Waals surface area contributed by atoms with E-state index in [-0.39, 0.29) is 0 Å². The molecule has 0 N–H and O–H groups in total. The predicted octanol–water partition coefficient (Wildman–Crippen LogP) is 11.2. The molecule has 0 aliphatic rings. The first-order chi connectivity index (χ1) is 17.0. The van der Waals surface area contributed by atoms with Crippen LogP contribution in [-0.2, 0) is 13.0 Å². The van der Waals surface area contributed by atoms with E-state index in [1.54, 1.807) is 0 Å². The Balaban J connectivity index is 3.48. The summed E-state index contributed by atoms with van der Waals surface area (Å²) in [6, 6.07) is 1.17. The molecule has 0 aliphatic carbocycles. The van der Waals surface area contributed by atoms with Gasteiger partial charge in [0.15, 0.2) is 16.6 Å². The van der Waals surface area contributed by atoms with Crippen LogP contribution in [0.2, 0.25) is 51.9 Å². The van der Waals surface area contributed by atoms with Gasteiger partial charge < -0.3 is 13.0 Å². The maximum atomic E-state index is 10.3. The second kappa shape index (κ2) is 22.1. The molecular weight excluding hydrogens is 493 g/mol. The van der Waals surface area contributed by atoms with E-state index in [9.17, 15) is 4.79 Å². The standard InChI is InChI=1S/C30H66O3Si3/c1-34(2,3)32-36(7,33-35(4,5)6)30-28-26-24-22-20-18-16-14-12-10-8-9-11-13-15-17-19-21-23-25-27-29-31/h29H,8-28,30H2,1-7H3. The molecule has 0 aromatic rings. The maximum absolute atomic E-state index is 10.3. The molecule has 0 atom stereocenters. The minimum atomic E-state index is -2.02. The monoisotopic (exact) mass is 558 g/mol. The average Bonchev–Trinajstić information content (AvgIpc) is 2.74. The van der Waals surface area contributed by atoms with E-state index in [2.05, 4.69) is 45.8 Å². The van der Waals surface area contributed by atoms with Crippen molar-refractivity contribution in [3.05, 3.63) is 0 Å². The minimum Gasteiger partial charge on any atom is -0.437 e. The van der Waals surface area contributed by atoms with E-state index in [1.165, 1.54) is 128 Å². The molecule has 0 amide bonds. The number of unbranched alkanes of at least 4 members (excludes halogenated alkanes) is 20. The zero-order valence-corrected chi connectivity index (χ0v) is 28.9. The lowest BCUT2D eigenvalue weighted by Crippen LogP contribution is -2.52. The normalized spacial score (nSPS) is 12.9. The third kappa shape index (κ3) is 27.3. The summed E-state index contributed by atoms with van der Waals surface area (Å²) in [5, 5.41) is 0. The minimum absolute atomic E-state index is 0.756. The first-order valence-corrected chi connectivity index (χ1v) is 25.2. The second-order valence-electron chi connectivity index (χ2n) is 13.3. The van der Waals surface area contributed by atoms with Crippen LogP contribution in [-0.4, -0.2) is 31.5 Å². The Bertz CT molecular complexity index is 485. The summed E-state index contributed by atoms with van der Waals surface area (Å²) >= 11 is 0. The molecule has 0 spiro atoms. The smallest absolute Gasteiger partial charge is 0.314 e. The van der Waals surface area contributed by atoms with Gasteiger partial charge >= 0.3 is 8.56 Å². The Labute approximate surface area is 230 Å². The third-order valence-corrected chi connectivity index (χ3v) is 16.4. The molecule has 0 bridgehead atoms. The zero-order valence-electron chi connectivity index (χ0n) is 25.9. The van der Waals surface area contributed by atoms with Gasteiger partial charge in [0.1, 0.15) is 6.29 Å². The lowest BCUT2D eigenvalue weighted by atomic mass is 10.0. The first-order valence-electron chi connectivity index (χ1n) is 15.8. The number of aldehydes is 1. The average molecular weight is 559 g/mol. The van der Waals surface area contributed by atoms with Gasteiger partial charge in [0.05, 0.1) is 0 Å². The molecule has 36 heavy (non-hydrogen) atoms. The van der Waals surface area contributed by atoms with Crippen LogP contribution in [0, 0.1) is 0 Å². The van der Waals surface area contributed by atoms with Crippen LogP contribution in [0.4, 0.5) is 0 Å². The van der Waals surface area contributed by atoms with E-state index in [0.717, 1.165) is 19.1 Å². The van der Waals surface area contributed by atoms with Crippen LogP contribution in [0.1, 0.15) is 135 Å². The summed E-state index contributed by atoms with van der Waals surface area (Å²) in [5.41, 5.74) is 0. The highest BCUT2D eigenvalue weighted by molar-refractivity contribution is 6.87. The molecule has 6 heteroatoms. The molecule has 0 saturated carbocycles. The van der Waals surface area contributed by atoms with Crippen molar-refractivity contribution in [2.24, 2.45) is 0 Å². The number of carbonyl (C=O) groups is 1. The quantitative estimate of drug-likeness (QED) is 0.0571. The number of hydrogen-bond donors (Lipinski definition) is 0. The lowest BCUT2D eigenvalue weighted by Gasteiger charge is -2.38. The second-order valence-corrected chi connectivity index (χ2v) is 26.2. The molecule has 216 valence electrons. The van der Waals surface area contributed by atoms with Crippen LogP contribution in [0.5, 0.6) is 0 Å². The zero-order chi connectivity index (χ0) is 27.2. The van der Waals surface area contributed by atoms with Crippen molar-refractivity contribution >= 4 is 31.5 Å². The van der Waals surface area contributed by atoms with Gasteiger partial charge in [-0.2, -0.15) is 0 Å². The third-order valence-electron chi connectivity index (χ3n) is 6.75. The summed E-state index contributed by atoms with van der Waals surface area (Å²) in [5.74, 6) is 0. The van der Waals surface area contributed by atoms with Gasteiger partial charge in [0.25, 0.3) is 0 Å². The van der Waals surface area contributed by atoms with E-state index in [1.807, 2.05) is 0 Å². The van der Waals surface area contributed by atoms with Crippen LogP contribution >= 0.6 is 0 Å². The van der Waals surface area contributed by atoms with Gasteiger partial charge in [-0.05, 0) is 58.3 Å². The fraction of sp³-hybridized carbons (Fsp3) is 0.967. The van der Waals surface area contributed by atoms with E-state index in [0.29, 0.717) is 0 Å². The highest BCUT2D eigenvalue weighted by Crippen LogP contribution is 2.26. The largest absolute Gasteiger partial charge is 0.437 e. The van der Waals surface area contributed by atoms with Crippen molar-refractivity contribution in [3.8, 4) is 0 Å². The highest BCUT2D eigenvalue weighted by atomic mass is 28.5. The SMILES string of the molecule is C[Si](C)(C)O[Si](C)(CCCCCCCCCCCCCCCCCCCCCCC=O)O[Si](C)(C)C. The van der Waals surface area contributed by atoms with Crippen LogP contribution in [0.3, 0.4) is 0 Å². The first kappa shape index (κ1) is 36.2. The van der Waals surface area contributed by atoms with Crippen molar-refractivity contribution in [1.29, 1.82) is 0 Å². The van der Waals surface area contributed by atoms with Gasteiger partial charge in [-0.15, -0.1) is 0 Å². The molecule has 3 nitrogen and oxygen atoms in total. The molecule has 0 radical (unpaired) electrons. The van der Waals surface area contributed by atoms with Gasteiger partial charge in [-0.25, -0.2) is 0 Å². The van der Waals surface area contributed by atoms with E-state index < -0.39 is 25.2 Å². The van der Waals surface area contributed by atoms with Gasteiger partial charge in [-0.3, -0.25) is 0 Å². The summed E-state index contributed by atoms with van der Waals surface area (Å²) in [4.78, 5) is 10.3. The van der Waals surface area contributed by atoms with Crippen molar-refractivity contribution in [2.45, 2.75) is 187 Å². The lowest BCUT2D eigenvalue weighted by molar-refractivity contribution is -0.107. The Kier molecular flexibility index (Phi) is 22.2. The van der Waals surface area contributed by atoms with Gasteiger partial charge in [-0.1, -0.05) is 122 Å². The Morgan fingerprint density at radius 3 is 0.917 bits per heavy atom. The van der Waals surface area contributed by atoms with Crippen molar-refractivity contribution < 1.29 is 13.0 Å². The molecular formula is C30H66O3Si3. The van der Waals surface area contributed by atoms with E-state index in [4.69, 9.17) is 8.23 Å². The molecule has 0 unspecified atom stereocenters. The molecule has 0 aliphatic heterocycles. The summed E-state index contributed by atoms with van der Waals surface area (Å²) in [7, 11) is -5.14. The predicted molar refractivity (Wildman–Crippen MR) is 168 cm³/mol. The number of hydrogen-bond acceptors (Lipinski definition) is 3. The molecule has 0 aromatic carbocycles. The summed E-state index contributed by atoms with van der Waals surface area (Å²) in [6.45, 7) is 16.1. The van der Waals surface area contributed by atoms with Crippen molar-refractivity contribution in [2.75, 3.05) is 0 Å². The number of carbonyl (C=O) groups excluding carboxylic acids is 1. The summed E-state index contributed by atoms with van der Waals surface area (Å²) in [6.07, 6.45) is 29.4. The Morgan fingerprint density at radius 2 is 0.667 bits per heavy atom. The molecule has 0 saturated heterocycles. The fourth-order valence-corrected chi connectivity index (χ4v) is 17.9. The van der Waals surface area contributed by atoms with Crippen LogP contribution in [0.25, 0.3) is 0 Å². The van der Waals surface area contributed by atoms with Gasteiger partial charge in [0.2, 0.25) is 0 Å². The molecule has 0 fully saturated rings. The van der Waals surface area contributed by atoms with Crippen LogP contribution in [0.15, 0.2) is 0 Å². The Hall–Kier alpha value is 0.241. The van der Waals surface area contributed by atoms with Crippen molar-refractivity contribution in [1.82, 2.24) is 0 Å².